The largest absolute Gasteiger partial charge is 0.376 e. The maximum Gasteiger partial charge on any atom is 0.271 e. The average molecular weight is 457 g/mol. The second-order valence-electron chi connectivity index (χ2n) is 7.72. The number of benzene rings is 2. The van der Waals surface area contributed by atoms with Crippen LogP contribution in [0.25, 0.3) is 20.3 Å². The molecule has 2 aromatic carbocycles. The zero-order valence-electron chi connectivity index (χ0n) is 16.8. The van der Waals surface area contributed by atoms with Crippen LogP contribution in [0.1, 0.15) is 33.6 Å². The zero-order chi connectivity index (χ0) is 20.8. The Morgan fingerprint density at radius 2 is 2.10 bits per heavy atom. The number of rotatable bonds is 4. The van der Waals surface area contributed by atoms with Crippen LogP contribution >= 0.6 is 34.3 Å². The van der Waals surface area contributed by atoms with Crippen LogP contribution in [0, 0.1) is 13.8 Å². The Balaban J connectivity index is 1.60. The Hall–Kier alpha value is -1.99. The van der Waals surface area contributed by atoms with Crippen molar-refractivity contribution in [3.63, 3.8) is 0 Å². The van der Waals surface area contributed by atoms with Crippen molar-refractivity contribution in [2.75, 3.05) is 18.1 Å². The molecule has 0 N–H and O–H groups in total. The average Bonchev–Trinajstić information content (AvgIpc) is 3.45. The number of hydrogen-bond acceptors (Lipinski definition) is 5. The third kappa shape index (κ3) is 3.52. The van der Waals surface area contributed by atoms with Crippen LogP contribution in [0.15, 0.2) is 36.4 Å². The number of amides is 1. The fourth-order valence-corrected chi connectivity index (χ4v) is 6.48. The van der Waals surface area contributed by atoms with Crippen molar-refractivity contribution in [3.05, 3.63) is 57.4 Å². The number of nitrogens with zero attached hydrogens (tertiary/aromatic N) is 2. The normalized spacial score (nSPS) is 16.6. The van der Waals surface area contributed by atoms with Crippen LogP contribution in [0.4, 0.5) is 5.13 Å². The van der Waals surface area contributed by atoms with E-state index in [0.29, 0.717) is 21.6 Å². The number of aromatic nitrogens is 1. The number of ether oxygens (including phenoxy) is 1. The first-order valence-electron chi connectivity index (χ1n) is 9.99. The Morgan fingerprint density at radius 1 is 1.27 bits per heavy atom. The lowest BCUT2D eigenvalue weighted by atomic mass is 10.1. The molecule has 3 heterocycles. The van der Waals surface area contributed by atoms with Crippen molar-refractivity contribution in [3.8, 4) is 0 Å². The molecule has 30 heavy (non-hydrogen) atoms. The molecular weight excluding hydrogens is 436 g/mol. The minimum absolute atomic E-state index is 0.0250. The number of thiazole rings is 1. The van der Waals surface area contributed by atoms with E-state index in [9.17, 15) is 4.79 Å². The summed E-state index contributed by atoms with van der Waals surface area (Å²) in [4.78, 5) is 20.9. The predicted molar refractivity (Wildman–Crippen MR) is 127 cm³/mol. The number of aryl methyl sites for hydroxylation is 2. The minimum Gasteiger partial charge on any atom is -0.376 e. The number of carbonyl (C=O) groups excluding carboxylic acids is 1. The van der Waals surface area contributed by atoms with Crippen molar-refractivity contribution in [2.24, 2.45) is 0 Å². The summed E-state index contributed by atoms with van der Waals surface area (Å²) in [5, 5.41) is 2.14. The van der Waals surface area contributed by atoms with Gasteiger partial charge >= 0.3 is 0 Å². The van der Waals surface area contributed by atoms with E-state index in [1.165, 1.54) is 22.5 Å². The number of anilines is 1. The molecular formula is C23H21ClN2O2S2. The summed E-state index contributed by atoms with van der Waals surface area (Å²) in [5.74, 6) is -0.106. The number of halogens is 1. The molecule has 154 valence electrons. The third-order valence-corrected chi connectivity index (χ3v) is 8.32. The summed E-state index contributed by atoms with van der Waals surface area (Å²) < 4.78 is 7.98. The van der Waals surface area contributed by atoms with E-state index < -0.39 is 0 Å². The van der Waals surface area contributed by atoms with E-state index in [4.69, 9.17) is 21.3 Å². The molecule has 0 aliphatic carbocycles. The highest BCUT2D eigenvalue weighted by atomic mass is 35.5. The number of thiophene rings is 1. The first kappa shape index (κ1) is 19.9. The molecule has 1 amide bonds. The van der Waals surface area contributed by atoms with E-state index in [-0.39, 0.29) is 12.0 Å². The first-order chi connectivity index (χ1) is 14.5. The van der Waals surface area contributed by atoms with Gasteiger partial charge in [-0.05, 0) is 49.9 Å². The standard InChI is InChI=1S/C23H21ClN2O2S2/c1-13-10-14(2)20-17(11-13)25-23(30-20)26(12-15-6-5-9-28-15)22(27)21-19(24)16-7-3-4-8-18(16)29-21/h3-4,7-8,10-11,15H,5-6,9,12H2,1-2H3. The monoisotopic (exact) mass is 456 g/mol. The molecule has 1 atom stereocenters. The van der Waals surface area contributed by atoms with Gasteiger partial charge in [0, 0.05) is 16.7 Å². The summed E-state index contributed by atoms with van der Waals surface area (Å²) >= 11 is 9.64. The van der Waals surface area contributed by atoms with Crippen molar-refractivity contribution >= 4 is 65.6 Å². The van der Waals surface area contributed by atoms with Gasteiger partial charge in [-0.15, -0.1) is 11.3 Å². The van der Waals surface area contributed by atoms with Gasteiger partial charge < -0.3 is 4.74 Å². The van der Waals surface area contributed by atoms with Crippen LogP contribution in [-0.4, -0.2) is 30.1 Å². The Bertz CT molecular complexity index is 1260. The molecule has 1 fully saturated rings. The van der Waals surface area contributed by atoms with E-state index in [1.54, 1.807) is 16.2 Å². The smallest absolute Gasteiger partial charge is 0.271 e. The van der Waals surface area contributed by atoms with Gasteiger partial charge in [0.25, 0.3) is 5.91 Å². The van der Waals surface area contributed by atoms with E-state index in [0.717, 1.165) is 39.8 Å². The van der Waals surface area contributed by atoms with Crippen molar-refractivity contribution < 1.29 is 9.53 Å². The second kappa shape index (κ2) is 7.93. The molecule has 5 rings (SSSR count). The van der Waals surface area contributed by atoms with Gasteiger partial charge in [-0.25, -0.2) is 4.98 Å². The fourth-order valence-electron chi connectivity index (χ4n) is 3.99. The third-order valence-electron chi connectivity index (χ3n) is 5.42. The molecule has 7 heteroatoms. The molecule has 0 spiro atoms. The van der Waals surface area contributed by atoms with Crippen LogP contribution in [0.3, 0.4) is 0 Å². The quantitative estimate of drug-likeness (QED) is 0.347. The zero-order valence-corrected chi connectivity index (χ0v) is 19.2. The van der Waals surface area contributed by atoms with Gasteiger partial charge in [0.2, 0.25) is 0 Å². The van der Waals surface area contributed by atoms with Crippen LogP contribution in [0.5, 0.6) is 0 Å². The van der Waals surface area contributed by atoms with Gasteiger partial charge in [-0.2, -0.15) is 0 Å². The molecule has 4 aromatic rings. The molecule has 1 unspecified atom stereocenters. The second-order valence-corrected chi connectivity index (χ2v) is 10.1. The Kier molecular flexibility index (Phi) is 5.27. The molecule has 4 nitrogen and oxygen atoms in total. The SMILES string of the molecule is Cc1cc(C)c2sc(N(CC3CCCO3)C(=O)c3sc4ccccc4c3Cl)nc2c1. The van der Waals surface area contributed by atoms with E-state index in [2.05, 4.69) is 26.0 Å². The van der Waals surface area contributed by atoms with Crippen molar-refractivity contribution in [1.29, 1.82) is 0 Å². The van der Waals surface area contributed by atoms with Crippen LogP contribution in [0.2, 0.25) is 5.02 Å². The fraction of sp³-hybridized carbons (Fsp3) is 0.304. The number of hydrogen-bond donors (Lipinski definition) is 0. The van der Waals surface area contributed by atoms with Gasteiger partial charge in [0.1, 0.15) is 4.88 Å². The molecule has 0 bridgehead atoms. The summed E-state index contributed by atoms with van der Waals surface area (Å²) in [6, 6.07) is 12.1. The molecule has 0 radical (unpaired) electrons. The maximum atomic E-state index is 13.7. The van der Waals surface area contributed by atoms with Crippen molar-refractivity contribution in [1.82, 2.24) is 4.98 Å². The molecule has 1 aliphatic heterocycles. The molecule has 0 saturated carbocycles. The molecule has 1 saturated heterocycles. The van der Waals surface area contributed by atoms with Crippen LogP contribution < -0.4 is 4.90 Å². The van der Waals surface area contributed by atoms with E-state index >= 15 is 0 Å². The van der Waals surface area contributed by atoms with Crippen LogP contribution in [-0.2, 0) is 4.74 Å². The Labute approximate surface area is 188 Å². The highest BCUT2D eigenvalue weighted by molar-refractivity contribution is 7.23. The Morgan fingerprint density at radius 3 is 2.87 bits per heavy atom. The highest BCUT2D eigenvalue weighted by Gasteiger charge is 2.30. The number of carbonyl (C=O) groups is 1. The topological polar surface area (TPSA) is 42.4 Å². The lowest BCUT2D eigenvalue weighted by Gasteiger charge is -2.22. The minimum atomic E-state index is -0.106. The van der Waals surface area contributed by atoms with Gasteiger partial charge in [0.05, 0.1) is 27.9 Å². The summed E-state index contributed by atoms with van der Waals surface area (Å²) in [6.45, 7) is 5.39. The summed E-state index contributed by atoms with van der Waals surface area (Å²) in [6.07, 6.45) is 2.00. The lowest BCUT2D eigenvalue weighted by molar-refractivity contribution is 0.0921. The summed E-state index contributed by atoms with van der Waals surface area (Å²) in [7, 11) is 0. The number of fused-ring (bicyclic) bond motifs is 2. The van der Waals surface area contributed by atoms with Gasteiger partial charge in [-0.1, -0.05) is 47.2 Å². The van der Waals surface area contributed by atoms with Gasteiger partial charge in [0.15, 0.2) is 5.13 Å². The first-order valence-corrected chi connectivity index (χ1v) is 12.0. The maximum absolute atomic E-state index is 13.7. The highest BCUT2D eigenvalue weighted by Crippen LogP contribution is 2.39. The molecule has 1 aliphatic rings. The van der Waals surface area contributed by atoms with Crippen molar-refractivity contribution in [2.45, 2.75) is 32.8 Å². The lowest BCUT2D eigenvalue weighted by Crippen LogP contribution is -2.37. The van der Waals surface area contributed by atoms with Gasteiger partial charge in [-0.3, -0.25) is 9.69 Å². The molecule has 2 aromatic heterocycles. The predicted octanol–water partition coefficient (Wildman–Crippen LogP) is 6.61. The summed E-state index contributed by atoms with van der Waals surface area (Å²) in [5.41, 5.74) is 3.28. The van der Waals surface area contributed by atoms with E-state index in [1.807, 2.05) is 24.3 Å².